The Hall–Kier alpha value is 0.320. The Bertz CT molecular complexity index is 360. The number of halogens is 2. The van der Waals surface area contributed by atoms with Crippen LogP contribution in [0, 0.1) is 10.8 Å². The van der Waals surface area contributed by atoms with E-state index in [1.165, 1.54) is 0 Å². The van der Waals surface area contributed by atoms with Gasteiger partial charge in [0.15, 0.2) is 0 Å². The average Bonchev–Trinajstić information content (AvgIpc) is 2.25. The predicted octanol–water partition coefficient (Wildman–Crippen LogP) is 2.78. The molecule has 0 saturated carbocycles. The molecule has 20 heavy (non-hydrogen) atoms. The van der Waals surface area contributed by atoms with E-state index in [2.05, 4.69) is 0 Å². The van der Waals surface area contributed by atoms with Gasteiger partial charge in [0, 0.05) is 0 Å². The van der Waals surface area contributed by atoms with Gasteiger partial charge in [-0.3, -0.25) is 9.59 Å². The van der Waals surface area contributed by atoms with Gasteiger partial charge in [0.05, 0.1) is 10.8 Å². The van der Waals surface area contributed by atoms with Gasteiger partial charge in [-0.15, -0.1) is 0 Å². The summed E-state index contributed by atoms with van der Waals surface area (Å²) in [6.45, 7) is 10.1. The van der Waals surface area contributed by atoms with Crippen molar-refractivity contribution in [2.45, 2.75) is 49.8 Å². The SMILES string of the molecule is CC(I)ON(OC(C)I)C(=O)C(C)(C)C(C)(C)C(N)=O. The van der Waals surface area contributed by atoms with Gasteiger partial charge < -0.3 is 5.73 Å². The van der Waals surface area contributed by atoms with Crippen LogP contribution in [-0.2, 0) is 19.3 Å². The molecule has 0 aromatic rings. The summed E-state index contributed by atoms with van der Waals surface area (Å²) in [5.41, 5.74) is 3.29. The number of amides is 2. The standard InChI is InChI=1S/C12H22I2N2O4/c1-7(13)19-16(20-8(2)14)10(18)12(5,6)11(3,4)9(15)17/h7-8H,1-6H3,(H2,15,17). The normalized spacial score (nSPS) is 15.6. The van der Waals surface area contributed by atoms with Crippen LogP contribution in [0.25, 0.3) is 0 Å². The first kappa shape index (κ1) is 20.3. The Kier molecular flexibility index (Phi) is 7.66. The third kappa shape index (κ3) is 4.95. The molecule has 0 aliphatic heterocycles. The highest BCUT2D eigenvalue weighted by Crippen LogP contribution is 2.40. The zero-order valence-corrected chi connectivity index (χ0v) is 16.9. The molecule has 0 aromatic heterocycles. The van der Waals surface area contributed by atoms with Gasteiger partial charge in [-0.1, -0.05) is 19.1 Å². The molecule has 2 amide bonds. The van der Waals surface area contributed by atoms with E-state index in [0.717, 1.165) is 5.23 Å². The topological polar surface area (TPSA) is 81.9 Å². The number of hydrogen-bond donors (Lipinski definition) is 1. The Morgan fingerprint density at radius 3 is 1.60 bits per heavy atom. The molecule has 0 radical (unpaired) electrons. The largest absolute Gasteiger partial charge is 0.369 e. The van der Waals surface area contributed by atoms with Gasteiger partial charge in [-0.25, -0.2) is 9.68 Å². The molecule has 0 aliphatic carbocycles. The van der Waals surface area contributed by atoms with Crippen molar-refractivity contribution in [2.75, 3.05) is 0 Å². The van der Waals surface area contributed by atoms with Crippen molar-refractivity contribution in [1.29, 1.82) is 0 Å². The molecule has 2 unspecified atom stereocenters. The summed E-state index contributed by atoms with van der Waals surface area (Å²) in [5.74, 6) is -1.01. The van der Waals surface area contributed by atoms with Crippen LogP contribution in [0.1, 0.15) is 41.5 Å². The second-order valence-corrected chi connectivity index (χ2v) is 8.98. The van der Waals surface area contributed by atoms with Crippen LogP contribution >= 0.6 is 45.2 Å². The molecule has 0 aromatic carbocycles. The lowest BCUT2D eigenvalue weighted by molar-refractivity contribution is -0.350. The molecule has 0 fully saturated rings. The summed E-state index contributed by atoms with van der Waals surface area (Å²) >= 11 is 4.02. The number of primary amides is 1. The molecule has 0 bridgehead atoms. The van der Waals surface area contributed by atoms with Gasteiger partial charge in [-0.05, 0) is 72.9 Å². The van der Waals surface area contributed by atoms with E-state index < -0.39 is 22.6 Å². The Balaban J connectivity index is 5.37. The molecule has 8 heteroatoms. The van der Waals surface area contributed by atoms with Gasteiger partial charge in [-0.2, -0.15) is 0 Å². The maximum absolute atomic E-state index is 12.6. The number of nitrogens with two attached hydrogens (primary N) is 1. The number of nitrogens with zero attached hydrogens (tertiary/aromatic N) is 1. The maximum atomic E-state index is 12.6. The van der Waals surface area contributed by atoms with Crippen molar-refractivity contribution in [1.82, 2.24) is 5.23 Å². The molecule has 0 heterocycles. The first-order valence-electron chi connectivity index (χ1n) is 6.10. The van der Waals surface area contributed by atoms with Crippen LogP contribution < -0.4 is 5.73 Å². The number of carbonyl (C=O) groups is 2. The number of hydrogen-bond acceptors (Lipinski definition) is 4. The Morgan fingerprint density at radius 2 is 1.35 bits per heavy atom. The zero-order chi connectivity index (χ0) is 16.3. The van der Waals surface area contributed by atoms with Gasteiger partial charge >= 0.3 is 0 Å². The second kappa shape index (κ2) is 7.54. The summed E-state index contributed by atoms with van der Waals surface area (Å²) in [6, 6.07) is 0. The molecule has 118 valence electrons. The van der Waals surface area contributed by atoms with Crippen LogP contribution in [0.2, 0.25) is 0 Å². The van der Waals surface area contributed by atoms with E-state index in [1.807, 2.05) is 45.2 Å². The molecule has 2 atom stereocenters. The minimum Gasteiger partial charge on any atom is -0.369 e. The average molecular weight is 512 g/mol. The lowest BCUT2D eigenvalue weighted by Crippen LogP contribution is -2.53. The lowest BCUT2D eigenvalue weighted by atomic mass is 9.67. The second-order valence-electron chi connectivity index (χ2n) is 5.47. The molecule has 6 nitrogen and oxygen atoms in total. The molecule has 0 rings (SSSR count). The van der Waals surface area contributed by atoms with E-state index in [9.17, 15) is 9.59 Å². The number of hydroxylamine groups is 2. The summed E-state index contributed by atoms with van der Waals surface area (Å²) < 4.78 is -0.529. The third-order valence-electron chi connectivity index (χ3n) is 3.36. The lowest BCUT2D eigenvalue weighted by Gasteiger charge is -2.40. The first-order valence-corrected chi connectivity index (χ1v) is 8.59. The van der Waals surface area contributed by atoms with E-state index in [4.69, 9.17) is 15.4 Å². The van der Waals surface area contributed by atoms with Crippen molar-refractivity contribution < 1.29 is 19.3 Å². The number of alkyl halides is 2. The summed E-state index contributed by atoms with van der Waals surface area (Å²) in [4.78, 5) is 35.0. The van der Waals surface area contributed by atoms with E-state index in [0.29, 0.717) is 0 Å². The fraction of sp³-hybridized carbons (Fsp3) is 0.833. The van der Waals surface area contributed by atoms with Crippen molar-refractivity contribution >= 4 is 57.0 Å². The molecule has 0 spiro atoms. The van der Waals surface area contributed by atoms with Crippen LogP contribution in [-0.4, -0.2) is 25.3 Å². The Morgan fingerprint density at radius 1 is 1.00 bits per heavy atom. The summed E-state index contributed by atoms with van der Waals surface area (Å²) in [5, 5.41) is 0.860. The van der Waals surface area contributed by atoms with Gasteiger partial charge in [0.25, 0.3) is 5.91 Å². The van der Waals surface area contributed by atoms with Crippen LogP contribution in [0.3, 0.4) is 0 Å². The molecular formula is C12H22I2N2O4. The fourth-order valence-electron chi connectivity index (χ4n) is 1.19. The zero-order valence-electron chi connectivity index (χ0n) is 12.6. The van der Waals surface area contributed by atoms with Crippen molar-refractivity contribution in [3.63, 3.8) is 0 Å². The van der Waals surface area contributed by atoms with E-state index in [-0.39, 0.29) is 8.22 Å². The summed E-state index contributed by atoms with van der Waals surface area (Å²) in [6.07, 6.45) is 0. The van der Waals surface area contributed by atoms with Crippen molar-refractivity contribution in [3.05, 3.63) is 0 Å². The number of rotatable bonds is 7. The van der Waals surface area contributed by atoms with Gasteiger partial charge in [0.2, 0.25) is 5.91 Å². The van der Waals surface area contributed by atoms with Crippen LogP contribution in [0.5, 0.6) is 0 Å². The number of carbonyl (C=O) groups excluding carboxylic acids is 2. The fourth-order valence-corrected chi connectivity index (χ4v) is 1.60. The third-order valence-corrected chi connectivity index (χ3v) is 3.82. The Labute approximate surface area is 147 Å². The molecular weight excluding hydrogens is 490 g/mol. The van der Waals surface area contributed by atoms with Gasteiger partial charge in [0.1, 0.15) is 8.22 Å². The van der Waals surface area contributed by atoms with E-state index >= 15 is 0 Å². The highest BCUT2D eigenvalue weighted by atomic mass is 127. The van der Waals surface area contributed by atoms with Crippen LogP contribution in [0.4, 0.5) is 0 Å². The molecule has 0 saturated heterocycles. The first-order chi connectivity index (χ1) is 8.84. The minimum absolute atomic E-state index is 0.265. The smallest absolute Gasteiger partial charge is 0.280 e. The molecule has 2 N–H and O–H groups in total. The summed E-state index contributed by atoms with van der Waals surface area (Å²) in [7, 11) is 0. The quantitative estimate of drug-likeness (QED) is 0.324. The molecule has 0 aliphatic rings. The van der Waals surface area contributed by atoms with Crippen LogP contribution in [0.15, 0.2) is 0 Å². The van der Waals surface area contributed by atoms with Crippen molar-refractivity contribution in [2.24, 2.45) is 16.6 Å². The monoisotopic (exact) mass is 512 g/mol. The maximum Gasteiger partial charge on any atom is 0.280 e. The highest BCUT2D eigenvalue weighted by molar-refractivity contribution is 14.1. The predicted molar refractivity (Wildman–Crippen MR) is 92.7 cm³/mol. The van der Waals surface area contributed by atoms with Crippen molar-refractivity contribution in [3.8, 4) is 0 Å². The minimum atomic E-state index is -1.07. The highest BCUT2D eigenvalue weighted by Gasteiger charge is 2.50. The van der Waals surface area contributed by atoms with E-state index in [1.54, 1.807) is 41.5 Å².